The Morgan fingerprint density at radius 1 is 1.06 bits per heavy atom. The van der Waals surface area contributed by atoms with Crippen LogP contribution < -0.4 is 4.90 Å². The number of benzene rings is 2. The fourth-order valence-electron chi connectivity index (χ4n) is 3.97. The zero-order valence-corrected chi connectivity index (χ0v) is 18.5. The van der Waals surface area contributed by atoms with Crippen LogP contribution in [0.25, 0.3) is 11.0 Å². The van der Waals surface area contributed by atoms with E-state index < -0.39 is 15.1 Å². The van der Waals surface area contributed by atoms with Gasteiger partial charge in [-0.05, 0) is 50.6 Å². The number of para-hydroxylation sites is 2. The summed E-state index contributed by atoms with van der Waals surface area (Å²) in [6, 6.07) is 15.9. The molecule has 0 amide bonds. The second-order valence-corrected chi connectivity index (χ2v) is 9.99. The summed E-state index contributed by atoms with van der Waals surface area (Å²) in [5.74, 6) is 0.420. The van der Waals surface area contributed by atoms with E-state index in [4.69, 9.17) is 9.72 Å². The largest absolute Gasteiger partial charge is 0.372 e. The minimum atomic E-state index is -4.01. The van der Waals surface area contributed by atoms with Crippen molar-refractivity contribution in [2.45, 2.75) is 43.1 Å². The number of fused-ring (bicyclic) bond motifs is 1. The third kappa shape index (κ3) is 4.11. The third-order valence-electron chi connectivity index (χ3n) is 5.29. The summed E-state index contributed by atoms with van der Waals surface area (Å²) in [5.41, 5.74) is 2.16. The number of morpholine rings is 1. The van der Waals surface area contributed by atoms with Crippen LogP contribution in [0.2, 0.25) is 0 Å². The van der Waals surface area contributed by atoms with Crippen molar-refractivity contribution in [2.75, 3.05) is 18.0 Å². The summed E-state index contributed by atoms with van der Waals surface area (Å²) in [7, 11) is -4.01. The number of nitrogens with zero attached hydrogens (tertiary/aromatic N) is 4. The molecule has 1 aliphatic rings. The van der Waals surface area contributed by atoms with Crippen molar-refractivity contribution < 1.29 is 13.2 Å². The number of sulfone groups is 1. The van der Waals surface area contributed by atoms with Gasteiger partial charge >= 0.3 is 0 Å². The zero-order chi connectivity index (χ0) is 22.2. The van der Waals surface area contributed by atoms with Crippen molar-refractivity contribution >= 4 is 26.7 Å². The Hall–Kier alpha value is -3.02. The van der Waals surface area contributed by atoms with E-state index in [2.05, 4.69) is 4.98 Å². The van der Waals surface area contributed by atoms with E-state index in [-0.39, 0.29) is 22.8 Å². The molecular weight excluding hydrogens is 412 g/mol. The lowest BCUT2D eigenvalue weighted by Gasteiger charge is -2.37. The number of nitriles is 1. The maximum Gasteiger partial charge on any atom is 0.200 e. The number of hydrogen-bond donors (Lipinski definition) is 0. The molecule has 1 aliphatic heterocycles. The average Bonchev–Trinajstić information content (AvgIpc) is 2.73. The van der Waals surface area contributed by atoms with Crippen LogP contribution in [0.5, 0.6) is 0 Å². The molecule has 0 aliphatic carbocycles. The van der Waals surface area contributed by atoms with Crippen molar-refractivity contribution in [1.82, 2.24) is 9.97 Å². The summed E-state index contributed by atoms with van der Waals surface area (Å²) < 4.78 is 32.8. The van der Waals surface area contributed by atoms with Gasteiger partial charge in [0.05, 0.1) is 34.2 Å². The van der Waals surface area contributed by atoms with Gasteiger partial charge in [-0.1, -0.05) is 24.3 Å². The number of hydrogen-bond acceptors (Lipinski definition) is 7. The standard InChI is InChI=1S/C23H24N4O3S/c1-15-7-6-8-18(11-15)31(28,29)21(12-24)22-23(27-13-16(2)30-17(3)14-27)26-20-10-5-4-9-19(20)25-22/h4-11,16-17,21H,13-14H2,1-3H3/t16-,17+,21-/m1/s1. The second-order valence-electron chi connectivity index (χ2n) is 7.95. The molecule has 0 saturated carbocycles. The van der Waals surface area contributed by atoms with Gasteiger partial charge in [0.25, 0.3) is 0 Å². The number of aromatic nitrogens is 2. The normalized spacial score (nSPS) is 20.4. The fourth-order valence-corrected chi connectivity index (χ4v) is 5.45. The van der Waals surface area contributed by atoms with E-state index in [1.54, 1.807) is 18.2 Å². The van der Waals surface area contributed by atoms with Crippen LogP contribution in [0.4, 0.5) is 5.82 Å². The number of ether oxygens (including phenoxy) is 1. The van der Waals surface area contributed by atoms with Gasteiger partial charge in [-0.25, -0.2) is 18.4 Å². The van der Waals surface area contributed by atoms with E-state index >= 15 is 0 Å². The van der Waals surface area contributed by atoms with Gasteiger partial charge in [-0.3, -0.25) is 0 Å². The van der Waals surface area contributed by atoms with E-state index in [1.807, 2.05) is 56.0 Å². The number of aryl methyl sites for hydroxylation is 1. The SMILES string of the molecule is Cc1cccc(S(=O)(=O)[C@H](C#N)c2nc3ccccc3nc2N2C[C@@H](C)O[C@@H](C)C2)c1. The maximum atomic E-state index is 13.5. The van der Waals surface area contributed by atoms with Gasteiger partial charge in [-0.15, -0.1) is 0 Å². The monoisotopic (exact) mass is 436 g/mol. The van der Waals surface area contributed by atoms with Crippen molar-refractivity contribution in [3.05, 3.63) is 59.8 Å². The van der Waals surface area contributed by atoms with Crippen molar-refractivity contribution in [3.8, 4) is 6.07 Å². The molecule has 0 unspecified atom stereocenters. The molecule has 3 aromatic rings. The van der Waals surface area contributed by atoms with Crippen LogP contribution >= 0.6 is 0 Å². The van der Waals surface area contributed by atoms with Gasteiger partial charge in [0.2, 0.25) is 9.84 Å². The first-order valence-electron chi connectivity index (χ1n) is 10.2. The lowest BCUT2D eigenvalue weighted by atomic mass is 10.2. The first-order valence-corrected chi connectivity index (χ1v) is 11.7. The van der Waals surface area contributed by atoms with Crippen LogP contribution in [-0.4, -0.2) is 43.7 Å². The molecule has 160 valence electrons. The molecular formula is C23H24N4O3S. The Bertz CT molecular complexity index is 1260. The molecule has 0 N–H and O–H groups in total. The maximum absolute atomic E-state index is 13.5. The predicted molar refractivity (Wildman–Crippen MR) is 118 cm³/mol. The molecule has 2 heterocycles. The van der Waals surface area contributed by atoms with E-state index in [1.165, 1.54) is 6.07 Å². The second kappa shape index (κ2) is 8.25. The highest BCUT2D eigenvalue weighted by molar-refractivity contribution is 7.92. The molecule has 3 atom stereocenters. The molecule has 8 heteroatoms. The van der Waals surface area contributed by atoms with Crippen LogP contribution in [0.1, 0.15) is 30.4 Å². The summed E-state index contributed by atoms with van der Waals surface area (Å²) >= 11 is 0. The Kier molecular flexibility index (Phi) is 5.65. The molecule has 31 heavy (non-hydrogen) atoms. The molecule has 1 saturated heterocycles. The quantitative estimate of drug-likeness (QED) is 0.616. The summed E-state index contributed by atoms with van der Waals surface area (Å²) in [5, 5.41) is 8.53. The zero-order valence-electron chi connectivity index (χ0n) is 17.7. The van der Waals surface area contributed by atoms with E-state index in [9.17, 15) is 13.7 Å². The predicted octanol–water partition coefficient (Wildman–Crippen LogP) is 3.59. The highest BCUT2D eigenvalue weighted by atomic mass is 32.2. The smallest absolute Gasteiger partial charge is 0.200 e. The van der Waals surface area contributed by atoms with Crippen molar-refractivity contribution in [2.24, 2.45) is 0 Å². The summed E-state index contributed by atoms with van der Waals surface area (Å²) in [6.45, 7) is 6.81. The van der Waals surface area contributed by atoms with Gasteiger partial charge < -0.3 is 9.64 Å². The molecule has 7 nitrogen and oxygen atoms in total. The van der Waals surface area contributed by atoms with Crippen LogP contribution in [-0.2, 0) is 14.6 Å². The number of anilines is 1. The van der Waals surface area contributed by atoms with Crippen molar-refractivity contribution in [1.29, 1.82) is 5.26 Å². The number of rotatable bonds is 4. The van der Waals surface area contributed by atoms with Gasteiger partial charge in [-0.2, -0.15) is 5.26 Å². The van der Waals surface area contributed by atoms with Crippen molar-refractivity contribution in [3.63, 3.8) is 0 Å². The molecule has 1 aromatic heterocycles. The van der Waals surface area contributed by atoms with Gasteiger partial charge in [0.1, 0.15) is 5.69 Å². The molecule has 0 spiro atoms. The molecule has 1 fully saturated rings. The van der Waals surface area contributed by atoms with Gasteiger partial charge in [0.15, 0.2) is 11.1 Å². The van der Waals surface area contributed by atoms with E-state index in [0.717, 1.165) is 5.56 Å². The van der Waals surface area contributed by atoms with Crippen LogP contribution in [0.3, 0.4) is 0 Å². The Morgan fingerprint density at radius 3 is 2.32 bits per heavy atom. The first-order chi connectivity index (χ1) is 14.8. The Balaban J connectivity index is 1.91. The topological polar surface area (TPSA) is 96.2 Å². The molecule has 4 rings (SSSR count). The average molecular weight is 437 g/mol. The van der Waals surface area contributed by atoms with Gasteiger partial charge in [0, 0.05) is 13.1 Å². The first kappa shape index (κ1) is 21.2. The fraction of sp³-hybridized carbons (Fsp3) is 0.348. The Labute approximate surface area is 182 Å². The Morgan fingerprint density at radius 2 is 1.71 bits per heavy atom. The minimum Gasteiger partial charge on any atom is -0.372 e. The van der Waals surface area contributed by atoms with Crippen LogP contribution in [0.15, 0.2) is 53.4 Å². The van der Waals surface area contributed by atoms with Crippen LogP contribution in [0, 0.1) is 18.3 Å². The third-order valence-corrected chi connectivity index (χ3v) is 7.15. The summed E-state index contributed by atoms with van der Waals surface area (Å²) in [6.07, 6.45) is -0.113. The lowest BCUT2D eigenvalue weighted by molar-refractivity contribution is -0.00550. The highest BCUT2D eigenvalue weighted by Crippen LogP contribution is 2.35. The minimum absolute atomic E-state index is 0.0567. The summed E-state index contributed by atoms with van der Waals surface area (Å²) in [4.78, 5) is 11.5. The van der Waals surface area contributed by atoms with E-state index in [0.29, 0.717) is 29.9 Å². The molecule has 2 aromatic carbocycles. The molecule has 0 bridgehead atoms. The molecule has 0 radical (unpaired) electrons. The lowest BCUT2D eigenvalue weighted by Crippen LogP contribution is -2.46. The highest BCUT2D eigenvalue weighted by Gasteiger charge is 2.36.